The van der Waals surface area contributed by atoms with Crippen LogP contribution in [0.5, 0.6) is 11.5 Å². The first-order valence-corrected chi connectivity index (χ1v) is 10.0. The lowest BCUT2D eigenvalue weighted by Gasteiger charge is -2.29. The lowest BCUT2D eigenvalue weighted by atomic mass is 9.91. The third-order valence-electron chi connectivity index (χ3n) is 5.21. The molecule has 0 saturated heterocycles. The van der Waals surface area contributed by atoms with Crippen LogP contribution < -0.4 is 14.4 Å². The zero-order valence-corrected chi connectivity index (χ0v) is 18.1. The lowest BCUT2D eigenvalue weighted by Crippen LogP contribution is -2.42. The van der Waals surface area contributed by atoms with Gasteiger partial charge in [0, 0.05) is 11.1 Å². The number of methoxy groups -OCH3 is 2. The molecule has 31 heavy (non-hydrogen) atoms. The van der Waals surface area contributed by atoms with Crippen molar-refractivity contribution in [2.75, 3.05) is 19.1 Å². The summed E-state index contributed by atoms with van der Waals surface area (Å²) in [5.74, 6) is 0.116. The van der Waals surface area contributed by atoms with Gasteiger partial charge in [-0.3, -0.25) is 9.59 Å². The highest BCUT2D eigenvalue weighted by molar-refractivity contribution is 6.43. The fourth-order valence-corrected chi connectivity index (χ4v) is 4.01. The van der Waals surface area contributed by atoms with Gasteiger partial charge in [-0.15, -0.1) is 0 Å². The summed E-state index contributed by atoms with van der Waals surface area (Å²) in [5, 5.41) is 0.358. The van der Waals surface area contributed by atoms with E-state index in [1.54, 1.807) is 54.6 Å². The second kappa shape index (κ2) is 8.28. The van der Waals surface area contributed by atoms with Crippen LogP contribution in [-0.2, 0) is 4.79 Å². The highest BCUT2D eigenvalue weighted by Gasteiger charge is 2.36. The van der Waals surface area contributed by atoms with E-state index in [0.717, 1.165) is 5.56 Å². The van der Waals surface area contributed by atoms with Gasteiger partial charge in [-0.25, -0.2) is 4.90 Å². The zero-order chi connectivity index (χ0) is 22.1. The van der Waals surface area contributed by atoms with Crippen LogP contribution in [0.25, 0.3) is 11.6 Å². The summed E-state index contributed by atoms with van der Waals surface area (Å²) in [5.41, 5.74) is 3.47. The second-order valence-electron chi connectivity index (χ2n) is 7.07. The van der Waals surface area contributed by atoms with Crippen LogP contribution in [0, 0.1) is 6.92 Å². The Labute approximate surface area is 185 Å². The van der Waals surface area contributed by atoms with E-state index in [1.807, 2.05) is 19.1 Å². The third kappa shape index (κ3) is 3.57. The van der Waals surface area contributed by atoms with Crippen LogP contribution in [0.1, 0.15) is 27.0 Å². The number of amides is 2. The van der Waals surface area contributed by atoms with E-state index in [-0.39, 0.29) is 5.91 Å². The number of fused-ring (bicyclic) bond motifs is 1. The van der Waals surface area contributed by atoms with E-state index in [1.165, 1.54) is 19.1 Å². The van der Waals surface area contributed by atoms with Crippen molar-refractivity contribution in [2.24, 2.45) is 0 Å². The number of carbonyl (C=O) groups excluding carboxylic acids is 2. The number of ether oxygens (including phenoxy) is 2. The minimum atomic E-state index is -0.399. The number of para-hydroxylation sites is 1. The molecule has 0 unspecified atom stereocenters. The fourth-order valence-electron chi connectivity index (χ4n) is 3.71. The van der Waals surface area contributed by atoms with Gasteiger partial charge in [0.2, 0.25) is 0 Å². The van der Waals surface area contributed by atoms with Gasteiger partial charge in [0.15, 0.2) is 11.5 Å². The summed E-state index contributed by atoms with van der Waals surface area (Å²) in [6.07, 6.45) is 1.72. The van der Waals surface area contributed by atoms with E-state index in [4.69, 9.17) is 21.1 Å². The Morgan fingerprint density at radius 3 is 2.23 bits per heavy atom. The summed E-state index contributed by atoms with van der Waals surface area (Å²) in [6.45, 7) is 1.87. The standard InChI is InChI=1S/C25H20ClNO4/c1-15-8-4-7-11-21(15)27-24(28)18-10-6-5-9-17(18)19(25(27)29)12-16-13-20(26)23(31-3)22(14-16)30-2/h4-14H,1-3H3/b19-12-. The van der Waals surface area contributed by atoms with Gasteiger partial charge in [-0.1, -0.05) is 48.0 Å². The number of aryl methyl sites for hydroxylation is 1. The van der Waals surface area contributed by atoms with E-state index < -0.39 is 5.91 Å². The van der Waals surface area contributed by atoms with Crippen molar-refractivity contribution in [3.05, 3.63) is 87.9 Å². The van der Waals surface area contributed by atoms with Crippen LogP contribution in [0.3, 0.4) is 0 Å². The first-order chi connectivity index (χ1) is 15.0. The minimum absolute atomic E-state index is 0.350. The number of hydrogen-bond donors (Lipinski definition) is 0. The molecule has 2 amide bonds. The predicted molar refractivity (Wildman–Crippen MR) is 122 cm³/mol. The Balaban J connectivity index is 1.92. The van der Waals surface area contributed by atoms with Crippen molar-refractivity contribution in [3.8, 4) is 11.5 Å². The van der Waals surface area contributed by atoms with Crippen molar-refractivity contribution in [1.82, 2.24) is 0 Å². The molecule has 3 aromatic rings. The maximum atomic E-state index is 13.6. The second-order valence-corrected chi connectivity index (χ2v) is 7.48. The smallest absolute Gasteiger partial charge is 0.265 e. The first-order valence-electron chi connectivity index (χ1n) is 9.63. The molecule has 0 saturated carbocycles. The molecule has 4 rings (SSSR count). The van der Waals surface area contributed by atoms with E-state index in [2.05, 4.69) is 0 Å². The van der Waals surface area contributed by atoms with Gasteiger partial charge in [0.25, 0.3) is 11.8 Å². The van der Waals surface area contributed by atoms with Crippen LogP contribution in [0.15, 0.2) is 60.7 Å². The van der Waals surface area contributed by atoms with Crippen LogP contribution >= 0.6 is 11.6 Å². The van der Waals surface area contributed by atoms with E-state index in [9.17, 15) is 9.59 Å². The number of hydrogen-bond acceptors (Lipinski definition) is 4. The van der Waals surface area contributed by atoms with Crippen molar-refractivity contribution in [3.63, 3.8) is 0 Å². The first kappa shape index (κ1) is 20.7. The molecular formula is C25H20ClNO4. The Bertz CT molecular complexity index is 1230. The molecule has 0 fully saturated rings. The van der Waals surface area contributed by atoms with Crippen molar-refractivity contribution >= 4 is 40.8 Å². The van der Waals surface area contributed by atoms with Gasteiger partial charge < -0.3 is 9.47 Å². The number of halogens is 1. The molecular weight excluding hydrogens is 414 g/mol. The van der Waals surface area contributed by atoms with Gasteiger partial charge in [0.05, 0.1) is 24.9 Å². The Morgan fingerprint density at radius 2 is 1.55 bits per heavy atom. The molecule has 0 aliphatic carbocycles. The SMILES string of the molecule is COc1cc(/C=C2\C(=O)N(c3ccccc3C)C(=O)c3ccccc32)cc(Cl)c1OC. The van der Waals surface area contributed by atoms with Crippen LogP contribution in [-0.4, -0.2) is 26.0 Å². The van der Waals surface area contributed by atoms with Gasteiger partial charge in [-0.2, -0.15) is 0 Å². The maximum absolute atomic E-state index is 13.6. The number of imide groups is 1. The number of carbonyl (C=O) groups is 2. The maximum Gasteiger partial charge on any atom is 0.265 e. The van der Waals surface area contributed by atoms with Gasteiger partial charge in [-0.05, 0) is 54.0 Å². The third-order valence-corrected chi connectivity index (χ3v) is 5.49. The Hall–Kier alpha value is -3.57. The summed E-state index contributed by atoms with van der Waals surface area (Å²) in [6, 6.07) is 17.8. The fraction of sp³-hybridized carbons (Fsp3) is 0.120. The highest BCUT2D eigenvalue weighted by Crippen LogP contribution is 2.39. The molecule has 156 valence electrons. The van der Waals surface area contributed by atoms with E-state index in [0.29, 0.717) is 44.5 Å². The predicted octanol–water partition coefficient (Wildman–Crippen LogP) is 5.39. The monoisotopic (exact) mass is 433 g/mol. The number of benzene rings is 3. The Kier molecular flexibility index (Phi) is 5.53. The van der Waals surface area contributed by atoms with Gasteiger partial charge in [0.1, 0.15) is 0 Å². The van der Waals surface area contributed by atoms with E-state index >= 15 is 0 Å². The quantitative estimate of drug-likeness (QED) is 0.408. The average Bonchev–Trinajstić information content (AvgIpc) is 2.77. The highest BCUT2D eigenvalue weighted by atomic mass is 35.5. The van der Waals surface area contributed by atoms with Gasteiger partial charge >= 0.3 is 0 Å². The number of nitrogens with zero attached hydrogens (tertiary/aromatic N) is 1. The molecule has 6 heteroatoms. The van der Waals surface area contributed by atoms with Crippen molar-refractivity contribution in [1.29, 1.82) is 0 Å². The molecule has 1 aliphatic rings. The molecule has 5 nitrogen and oxygen atoms in total. The van der Waals surface area contributed by atoms with Crippen molar-refractivity contribution in [2.45, 2.75) is 6.92 Å². The molecule has 1 heterocycles. The van der Waals surface area contributed by atoms with Crippen LogP contribution in [0.4, 0.5) is 5.69 Å². The summed E-state index contributed by atoms with van der Waals surface area (Å²) < 4.78 is 10.7. The Morgan fingerprint density at radius 1 is 0.871 bits per heavy atom. The summed E-state index contributed by atoms with van der Waals surface area (Å²) in [7, 11) is 3.03. The molecule has 3 aromatic carbocycles. The summed E-state index contributed by atoms with van der Waals surface area (Å²) in [4.78, 5) is 28.0. The lowest BCUT2D eigenvalue weighted by molar-refractivity contribution is -0.112. The minimum Gasteiger partial charge on any atom is -0.493 e. The topological polar surface area (TPSA) is 55.8 Å². The van der Waals surface area contributed by atoms with Crippen LogP contribution in [0.2, 0.25) is 5.02 Å². The molecule has 0 bridgehead atoms. The number of rotatable bonds is 4. The molecule has 1 aliphatic heterocycles. The molecule has 0 N–H and O–H groups in total. The molecule has 0 radical (unpaired) electrons. The molecule has 0 aromatic heterocycles. The molecule has 0 spiro atoms. The average molecular weight is 434 g/mol. The normalized spacial score (nSPS) is 14.6. The number of anilines is 1. The zero-order valence-electron chi connectivity index (χ0n) is 17.3. The summed E-state index contributed by atoms with van der Waals surface area (Å²) >= 11 is 6.35. The molecule has 0 atom stereocenters. The van der Waals surface area contributed by atoms with Crippen molar-refractivity contribution < 1.29 is 19.1 Å². The largest absolute Gasteiger partial charge is 0.493 e.